The normalized spacial score (nSPS) is 21.0. The molecule has 0 bridgehead atoms. The Balaban J connectivity index is 1.60. The number of hydrogen-bond donors (Lipinski definition) is 0. The second kappa shape index (κ2) is 7.55. The van der Waals surface area contributed by atoms with Crippen molar-refractivity contribution in [3.8, 4) is 0 Å². The van der Waals surface area contributed by atoms with Crippen LogP contribution in [0.5, 0.6) is 0 Å². The van der Waals surface area contributed by atoms with Crippen molar-refractivity contribution in [2.45, 2.75) is 72.1 Å². The van der Waals surface area contributed by atoms with Crippen LogP contribution in [0, 0.1) is 26.7 Å². The van der Waals surface area contributed by atoms with E-state index in [0.717, 1.165) is 24.7 Å². The molecule has 0 atom stereocenters. The van der Waals surface area contributed by atoms with Crippen molar-refractivity contribution in [1.82, 2.24) is 0 Å². The Bertz CT molecular complexity index is 647. The van der Waals surface area contributed by atoms with Gasteiger partial charge < -0.3 is 0 Å². The SMILES string of the molecule is Cc1cc(CCc2ccc(C3CCC(C)CC3)cc2)cc(C)c1C. The van der Waals surface area contributed by atoms with Crippen LogP contribution in [0.2, 0.25) is 0 Å². The molecule has 0 N–H and O–H groups in total. The molecule has 0 saturated heterocycles. The molecule has 1 saturated carbocycles. The molecule has 0 heterocycles. The Hall–Kier alpha value is -1.56. The summed E-state index contributed by atoms with van der Waals surface area (Å²) in [5, 5.41) is 0. The van der Waals surface area contributed by atoms with E-state index in [1.54, 1.807) is 5.56 Å². The molecule has 0 aliphatic heterocycles. The van der Waals surface area contributed by atoms with Gasteiger partial charge in [-0.25, -0.2) is 0 Å². The average Bonchev–Trinajstić information content (AvgIpc) is 2.59. The first-order valence-corrected chi connectivity index (χ1v) is 9.68. The zero-order valence-corrected chi connectivity index (χ0v) is 15.9. The lowest BCUT2D eigenvalue weighted by Crippen LogP contribution is -2.10. The molecular weight excluding hydrogens is 288 g/mol. The highest BCUT2D eigenvalue weighted by atomic mass is 14.2. The maximum atomic E-state index is 2.40. The molecule has 0 aromatic heterocycles. The molecular formula is C24H32. The molecule has 3 rings (SSSR count). The van der Waals surface area contributed by atoms with Gasteiger partial charge in [-0.05, 0) is 91.7 Å². The van der Waals surface area contributed by atoms with Crippen LogP contribution in [0.25, 0.3) is 0 Å². The molecule has 128 valence electrons. The highest BCUT2D eigenvalue weighted by molar-refractivity contribution is 5.37. The smallest absolute Gasteiger partial charge is 0.0162 e. The van der Waals surface area contributed by atoms with Crippen LogP contribution >= 0.6 is 0 Å². The van der Waals surface area contributed by atoms with Gasteiger partial charge in [-0.2, -0.15) is 0 Å². The van der Waals surface area contributed by atoms with E-state index < -0.39 is 0 Å². The number of hydrogen-bond acceptors (Lipinski definition) is 0. The molecule has 0 unspecified atom stereocenters. The molecule has 2 aromatic carbocycles. The van der Waals surface area contributed by atoms with E-state index in [2.05, 4.69) is 64.1 Å². The van der Waals surface area contributed by atoms with E-state index >= 15 is 0 Å². The van der Waals surface area contributed by atoms with Gasteiger partial charge in [0.05, 0.1) is 0 Å². The van der Waals surface area contributed by atoms with Gasteiger partial charge in [-0.3, -0.25) is 0 Å². The largest absolute Gasteiger partial charge is 0.0625 e. The summed E-state index contributed by atoms with van der Waals surface area (Å²) in [6.45, 7) is 9.07. The van der Waals surface area contributed by atoms with Crippen molar-refractivity contribution in [3.05, 3.63) is 69.8 Å². The molecule has 0 radical (unpaired) electrons. The van der Waals surface area contributed by atoms with Gasteiger partial charge in [-0.1, -0.05) is 56.2 Å². The average molecular weight is 321 g/mol. The zero-order valence-electron chi connectivity index (χ0n) is 15.9. The third kappa shape index (κ3) is 4.09. The molecule has 1 aliphatic rings. The summed E-state index contributed by atoms with van der Waals surface area (Å²) in [4.78, 5) is 0. The first-order chi connectivity index (χ1) is 11.5. The fraction of sp³-hybridized carbons (Fsp3) is 0.500. The summed E-state index contributed by atoms with van der Waals surface area (Å²) in [5.41, 5.74) is 8.79. The number of rotatable bonds is 4. The van der Waals surface area contributed by atoms with Crippen LogP contribution in [0.3, 0.4) is 0 Å². The van der Waals surface area contributed by atoms with Crippen molar-refractivity contribution in [2.24, 2.45) is 5.92 Å². The second-order valence-corrected chi connectivity index (χ2v) is 8.05. The maximum Gasteiger partial charge on any atom is -0.0162 e. The van der Waals surface area contributed by atoms with Crippen LogP contribution in [-0.4, -0.2) is 0 Å². The Morgan fingerprint density at radius 1 is 0.750 bits per heavy atom. The molecule has 0 heteroatoms. The third-order valence-electron chi connectivity index (χ3n) is 6.16. The molecule has 0 spiro atoms. The monoisotopic (exact) mass is 320 g/mol. The minimum Gasteiger partial charge on any atom is -0.0625 e. The van der Waals surface area contributed by atoms with Crippen molar-refractivity contribution in [1.29, 1.82) is 0 Å². The van der Waals surface area contributed by atoms with E-state index in [0.29, 0.717) is 0 Å². The topological polar surface area (TPSA) is 0 Å². The molecule has 0 nitrogen and oxygen atoms in total. The summed E-state index contributed by atoms with van der Waals surface area (Å²) >= 11 is 0. The minimum absolute atomic E-state index is 0.803. The van der Waals surface area contributed by atoms with Gasteiger partial charge >= 0.3 is 0 Å². The van der Waals surface area contributed by atoms with Gasteiger partial charge in [0, 0.05) is 0 Å². The minimum atomic E-state index is 0.803. The van der Waals surface area contributed by atoms with Crippen LogP contribution in [0.15, 0.2) is 36.4 Å². The van der Waals surface area contributed by atoms with E-state index in [1.807, 2.05) is 0 Å². The van der Waals surface area contributed by atoms with E-state index in [1.165, 1.54) is 53.5 Å². The van der Waals surface area contributed by atoms with Gasteiger partial charge in [0.2, 0.25) is 0 Å². The van der Waals surface area contributed by atoms with Crippen molar-refractivity contribution in [3.63, 3.8) is 0 Å². The summed E-state index contributed by atoms with van der Waals surface area (Å²) in [6, 6.07) is 14.2. The zero-order chi connectivity index (χ0) is 17.1. The lowest BCUT2D eigenvalue weighted by Gasteiger charge is -2.26. The molecule has 1 fully saturated rings. The predicted octanol–water partition coefficient (Wildman–Crippen LogP) is 6.69. The van der Waals surface area contributed by atoms with Crippen molar-refractivity contribution in [2.75, 3.05) is 0 Å². The lowest BCUT2D eigenvalue weighted by atomic mass is 9.79. The Morgan fingerprint density at radius 2 is 1.29 bits per heavy atom. The van der Waals surface area contributed by atoms with Crippen LogP contribution in [0.4, 0.5) is 0 Å². The van der Waals surface area contributed by atoms with Crippen LogP contribution < -0.4 is 0 Å². The number of benzene rings is 2. The van der Waals surface area contributed by atoms with Gasteiger partial charge in [0.1, 0.15) is 0 Å². The maximum absolute atomic E-state index is 2.40. The highest BCUT2D eigenvalue weighted by Crippen LogP contribution is 2.35. The summed E-state index contributed by atoms with van der Waals surface area (Å²) in [6.07, 6.45) is 7.84. The third-order valence-corrected chi connectivity index (χ3v) is 6.16. The fourth-order valence-electron chi connectivity index (χ4n) is 4.11. The number of aryl methyl sites for hydroxylation is 4. The van der Waals surface area contributed by atoms with E-state index in [9.17, 15) is 0 Å². The van der Waals surface area contributed by atoms with Gasteiger partial charge in [0.25, 0.3) is 0 Å². The van der Waals surface area contributed by atoms with Crippen molar-refractivity contribution >= 4 is 0 Å². The van der Waals surface area contributed by atoms with E-state index in [4.69, 9.17) is 0 Å². The fourth-order valence-corrected chi connectivity index (χ4v) is 4.11. The van der Waals surface area contributed by atoms with Gasteiger partial charge in [0.15, 0.2) is 0 Å². The lowest BCUT2D eigenvalue weighted by molar-refractivity contribution is 0.348. The summed E-state index contributed by atoms with van der Waals surface area (Å²) in [5.74, 6) is 1.74. The standard InChI is InChI=1S/C24H32/c1-17-5-11-23(12-6-17)24-13-9-21(10-14-24)7-8-22-15-18(2)20(4)19(3)16-22/h9-10,13-17,23H,5-8,11-12H2,1-4H3. The van der Waals surface area contributed by atoms with Gasteiger partial charge in [-0.15, -0.1) is 0 Å². The molecule has 2 aromatic rings. The van der Waals surface area contributed by atoms with Crippen LogP contribution in [-0.2, 0) is 12.8 Å². The Kier molecular flexibility index (Phi) is 5.43. The molecule has 1 aliphatic carbocycles. The molecule has 0 amide bonds. The predicted molar refractivity (Wildman–Crippen MR) is 105 cm³/mol. The Morgan fingerprint density at radius 3 is 1.88 bits per heavy atom. The van der Waals surface area contributed by atoms with E-state index in [-0.39, 0.29) is 0 Å². The highest BCUT2D eigenvalue weighted by Gasteiger charge is 2.19. The van der Waals surface area contributed by atoms with Crippen LogP contribution in [0.1, 0.15) is 71.9 Å². The second-order valence-electron chi connectivity index (χ2n) is 8.05. The summed E-state index contributed by atoms with van der Waals surface area (Å²) < 4.78 is 0. The van der Waals surface area contributed by atoms with Crippen molar-refractivity contribution < 1.29 is 0 Å². The summed E-state index contributed by atoms with van der Waals surface area (Å²) in [7, 11) is 0. The first kappa shape index (κ1) is 17.3. The quantitative estimate of drug-likeness (QED) is 0.588. The molecule has 24 heavy (non-hydrogen) atoms. The Labute approximate surface area is 148 Å². The first-order valence-electron chi connectivity index (χ1n) is 9.68.